The number of rotatable bonds is 6. The maximum atomic E-state index is 4.59. The summed E-state index contributed by atoms with van der Waals surface area (Å²) in [4.78, 5) is 15.9. The highest BCUT2D eigenvalue weighted by atomic mass is 15.2. The number of aromatic nitrogens is 3. The zero-order valence-electron chi connectivity index (χ0n) is 14.8. The van der Waals surface area contributed by atoms with Crippen molar-refractivity contribution < 1.29 is 0 Å². The van der Waals surface area contributed by atoms with Crippen molar-refractivity contribution in [3.63, 3.8) is 0 Å². The maximum absolute atomic E-state index is 4.59. The van der Waals surface area contributed by atoms with Crippen molar-refractivity contribution in [1.82, 2.24) is 20.3 Å². The van der Waals surface area contributed by atoms with Gasteiger partial charge in [-0.3, -0.25) is 0 Å². The van der Waals surface area contributed by atoms with Crippen LogP contribution >= 0.6 is 0 Å². The van der Waals surface area contributed by atoms with Gasteiger partial charge in [0.1, 0.15) is 5.82 Å². The molecule has 1 aliphatic rings. The minimum atomic E-state index is 0.739. The van der Waals surface area contributed by atoms with Gasteiger partial charge in [-0.2, -0.15) is 0 Å². The Hall–Kier alpha value is -2.79. The van der Waals surface area contributed by atoms with Crippen LogP contribution in [-0.2, 0) is 13.1 Å². The molecule has 1 aromatic carbocycles. The van der Waals surface area contributed by atoms with E-state index in [-0.39, 0.29) is 0 Å². The van der Waals surface area contributed by atoms with Gasteiger partial charge in [-0.25, -0.2) is 15.0 Å². The maximum Gasteiger partial charge on any atom is 0.159 e. The predicted molar refractivity (Wildman–Crippen MR) is 104 cm³/mol. The smallest absolute Gasteiger partial charge is 0.159 e. The van der Waals surface area contributed by atoms with Crippen molar-refractivity contribution in [3.8, 4) is 11.4 Å². The molecule has 0 aliphatic carbocycles. The molecule has 0 bridgehead atoms. The molecule has 1 aliphatic heterocycles. The summed E-state index contributed by atoms with van der Waals surface area (Å²) >= 11 is 0. The molecular formula is C21H23N5. The van der Waals surface area contributed by atoms with Crippen molar-refractivity contribution in [2.75, 3.05) is 18.0 Å². The fourth-order valence-electron chi connectivity index (χ4n) is 3.19. The molecule has 0 spiro atoms. The van der Waals surface area contributed by atoms with Crippen LogP contribution in [0.1, 0.15) is 24.0 Å². The Kier molecular flexibility index (Phi) is 5.17. The highest BCUT2D eigenvalue weighted by Gasteiger charge is 2.12. The predicted octanol–water partition coefficient (Wildman–Crippen LogP) is 3.43. The molecule has 132 valence electrons. The van der Waals surface area contributed by atoms with E-state index in [1.54, 1.807) is 0 Å². The molecule has 3 aromatic rings. The van der Waals surface area contributed by atoms with Gasteiger partial charge in [-0.15, -0.1) is 0 Å². The molecule has 2 aromatic heterocycles. The van der Waals surface area contributed by atoms with Gasteiger partial charge in [0.15, 0.2) is 5.82 Å². The van der Waals surface area contributed by atoms with Gasteiger partial charge in [0.05, 0.1) is 0 Å². The van der Waals surface area contributed by atoms with E-state index >= 15 is 0 Å². The van der Waals surface area contributed by atoms with Crippen LogP contribution in [-0.4, -0.2) is 28.0 Å². The molecule has 5 nitrogen and oxygen atoms in total. The van der Waals surface area contributed by atoms with Crippen LogP contribution < -0.4 is 10.2 Å². The summed E-state index contributed by atoms with van der Waals surface area (Å²) in [5.41, 5.74) is 3.30. The Bertz CT molecular complexity index is 809. The Balaban J connectivity index is 1.29. The summed E-state index contributed by atoms with van der Waals surface area (Å²) in [5.74, 6) is 1.85. The Morgan fingerprint density at radius 2 is 1.46 bits per heavy atom. The molecule has 0 unspecified atom stereocenters. The van der Waals surface area contributed by atoms with E-state index in [0.717, 1.165) is 48.9 Å². The lowest BCUT2D eigenvalue weighted by Gasteiger charge is -2.16. The normalized spacial score (nSPS) is 13.9. The van der Waals surface area contributed by atoms with Crippen molar-refractivity contribution in [3.05, 3.63) is 72.2 Å². The Morgan fingerprint density at radius 3 is 2.15 bits per heavy atom. The van der Waals surface area contributed by atoms with Crippen LogP contribution in [0, 0.1) is 0 Å². The average molecular weight is 345 g/mol. The van der Waals surface area contributed by atoms with E-state index in [4.69, 9.17) is 0 Å². The van der Waals surface area contributed by atoms with E-state index in [0.29, 0.717) is 0 Å². The largest absolute Gasteiger partial charge is 0.357 e. The molecule has 0 amide bonds. The monoisotopic (exact) mass is 345 g/mol. The lowest BCUT2D eigenvalue weighted by Crippen LogP contribution is -2.19. The fraction of sp³-hybridized carbons (Fsp3) is 0.286. The van der Waals surface area contributed by atoms with E-state index in [2.05, 4.69) is 37.3 Å². The first-order valence-corrected chi connectivity index (χ1v) is 9.15. The topological polar surface area (TPSA) is 53.9 Å². The van der Waals surface area contributed by atoms with Crippen LogP contribution in [0.3, 0.4) is 0 Å². The number of hydrogen-bond donors (Lipinski definition) is 1. The van der Waals surface area contributed by atoms with E-state index in [1.165, 1.54) is 18.4 Å². The third-order valence-corrected chi connectivity index (χ3v) is 4.63. The minimum Gasteiger partial charge on any atom is -0.357 e. The molecule has 1 saturated heterocycles. The van der Waals surface area contributed by atoms with E-state index < -0.39 is 0 Å². The van der Waals surface area contributed by atoms with Crippen molar-refractivity contribution in [1.29, 1.82) is 0 Å². The number of anilines is 1. The summed E-state index contributed by atoms with van der Waals surface area (Å²) in [6, 6.07) is 14.3. The average Bonchev–Trinajstić information content (AvgIpc) is 3.25. The lowest BCUT2D eigenvalue weighted by molar-refractivity contribution is 0.687. The van der Waals surface area contributed by atoms with Gasteiger partial charge in [-0.05, 0) is 24.5 Å². The number of hydrogen-bond acceptors (Lipinski definition) is 5. The molecule has 0 saturated carbocycles. The first kappa shape index (κ1) is 16.7. The highest BCUT2D eigenvalue weighted by molar-refractivity contribution is 5.53. The van der Waals surface area contributed by atoms with Crippen molar-refractivity contribution >= 4 is 5.82 Å². The zero-order chi connectivity index (χ0) is 17.6. The van der Waals surface area contributed by atoms with Crippen LogP contribution in [0.25, 0.3) is 11.4 Å². The zero-order valence-corrected chi connectivity index (χ0v) is 14.8. The third-order valence-electron chi connectivity index (χ3n) is 4.63. The Labute approximate surface area is 154 Å². The van der Waals surface area contributed by atoms with E-state index in [9.17, 15) is 0 Å². The van der Waals surface area contributed by atoms with Gasteiger partial charge in [-0.1, -0.05) is 36.4 Å². The molecule has 5 heteroatoms. The standard InChI is InChI=1S/C21H23N5/c1-2-6-19(7-3-1)21-24-15-18(16-25-21)13-22-12-17-8-9-20(23-14-17)26-10-4-5-11-26/h1-3,6-9,14-16,22H,4-5,10-13H2. The second-order valence-electron chi connectivity index (χ2n) is 6.60. The second kappa shape index (κ2) is 8.06. The van der Waals surface area contributed by atoms with Gasteiger partial charge < -0.3 is 10.2 Å². The molecule has 1 N–H and O–H groups in total. The third kappa shape index (κ3) is 4.06. The molecule has 26 heavy (non-hydrogen) atoms. The second-order valence-corrected chi connectivity index (χ2v) is 6.60. The van der Waals surface area contributed by atoms with Crippen molar-refractivity contribution in [2.45, 2.75) is 25.9 Å². The SMILES string of the molecule is c1ccc(-c2ncc(CNCc3ccc(N4CCCC4)nc3)cn2)cc1. The van der Waals surface area contributed by atoms with Crippen LogP contribution in [0.2, 0.25) is 0 Å². The summed E-state index contributed by atoms with van der Waals surface area (Å²) in [7, 11) is 0. The summed E-state index contributed by atoms with van der Waals surface area (Å²) in [5, 5.41) is 3.43. The van der Waals surface area contributed by atoms with Gasteiger partial charge in [0.2, 0.25) is 0 Å². The van der Waals surface area contributed by atoms with E-state index in [1.807, 2.05) is 48.9 Å². The van der Waals surface area contributed by atoms with Crippen LogP contribution in [0.15, 0.2) is 61.1 Å². The summed E-state index contributed by atoms with van der Waals surface area (Å²) in [6.07, 6.45) is 8.29. The Morgan fingerprint density at radius 1 is 0.769 bits per heavy atom. The lowest BCUT2D eigenvalue weighted by atomic mass is 10.2. The first-order chi connectivity index (χ1) is 12.9. The minimum absolute atomic E-state index is 0.739. The van der Waals surface area contributed by atoms with Gasteiger partial charge in [0, 0.05) is 55.9 Å². The molecule has 1 fully saturated rings. The molecule has 4 rings (SSSR count). The summed E-state index contributed by atoms with van der Waals surface area (Å²) in [6.45, 7) is 3.78. The van der Waals surface area contributed by atoms with Gasteiger partial charge >= 0.3 is 0 Å². The first-order valence-electron chi connectivity index (χ1n) is 9.15. The summed E-state index contributed by atoms with van der Waals surface area (Å²) < 4.78 is 0. The number of pyridine rings is 1. The molecule has 0 radical (unpaired) electrons. The van der Waals surface area contributed by atoms with Crippen molar-refractivity contribution in [2.24, 2.45) is 0 Å². The van der Waals surface area contributed by atoms with Crippen LogP contribution in [0.4, 0.5) is 5.82 Å². The molecule has 0 atom stereocenters. The fourth-order valence-corrected chi connectivity index (χ4v) is 3.19. The van der Waals surface area contributed by atoms with Crippen LogP contribution in [0.5, 0.6) is 0 Å². The quantitative estimate of drug-likeness (QED) is 0.742. The number of nitrogens with zero attached hydrogens (tertiary/aromatic N) is 4. The molecular weight excluding hydrogens is 322 g/mol. The number of nitrogens with one attached hydrogen (secondary N) is 1. The molecule has 3 heterocycles. The highest BCUT2D eigenvalue weighted by Crippen LogP contribution is 2.17. The number of benzene rings is 1. The van der Waals surface area contributed by atoms with Gasteiger partial charge in [0.25, 0.3) is 0 Å².